The Kier molecular flexibility index (Phi) is 5.54. The van der Waals surface area contributed by atoms with E-state index in [2.05, 4.69) is 10.4 Å². The molecule has 1 amide bonds. The summed E-state index contributed by atoms with van der Waals surface area (Å²) in [6, 6.07) is 1.63. The van der Waals surface area contributed by atoms with Gasteiger partial charge in [-0.25, -0.2) is 0 Å². The van der Waals surface area contributed by atoms with Crippen molar-refractivity contribution in [1.29, 1.82) is 0 Å². The number of aromatic nitrogens is 2. The van der Waals surface area contributed by atoms with E-state index in [9.17, 15) is 9.59 Å². The Labute approximate surface area is 112 Å². The van der Waals surface area contributed by atoms with Crippen LogP contribution in [0.3, 0.4) is 0 Å². The summed E-state index contributed by atoms with van der Waals surface area (Å²) in [5.74, 6) is -0.751. The van der Waals surface area contributed by atoms with Crippen LogP contribution in [-0.4, -0.2) is 33.3 Å². The first kappa shape index (κ1) is 15.2. The Bertz CT molecular complexity index is 440. The van der Waals surface area contributed by atoms with Crippen molar-refractivity contribution in [2.24, 2.45) is 18.9 Å². The molecule has 19 heavy (non-hydrogen) atoms. The van der Waals surface area contributed by atoms with E-state index in [0.717, 1.165) is 6.42 Å². The van der Waals surface area contributed by atoms with Gasteiger partial charge in [0.25, 0.3) is 5.91 Å². The average Bonchev–Trinajstić information content (AvgIpc) is 2.71. The summed E-state index contributed by atoms with van der Waals surface area (Å²) >= 11 is 0. The van der Waals surface area contributed by atoms with Crippen molar-refractivity contribution in [3.63, 3.8) is 0 Å². The molecule has 1 rings (SSSR count). The van der Waals surface area contributed by atoms with Crippen LogP contribution in [0.4, 0.5) is 0 Å². The number of aryl methyl sites for hydroxylation is 1. The lowest BCUT2D eigenvalue weighted by atomic mass is 9.94. The quantitative estimate of drug-likeness (QED) is 0.779. The van der Waals surface area contributed by atoms with Gasteiger partial charge in [0.1, 0.15) is 5.69 Å². The van der Waals surface area contributed by atoms with E-state index >= 15 is 0 Å². The van der Waals surface area contributed by atoms with Crippen LogP contribution in [0.2, 0.25) is 0 Å². The molecule has 0 aliphatic heterocycles. The molecule has 0 radical (unpaired) electrons. The largest absolute Gasteiger partial charge is 0.481 e. The topological polar surface area (TPSA) is 84.2 Å². The molecule has 0 unspecified atom stereocenters. The van der Waals surface area contributed by atoms with Crippen LogP contribution in [-0.2, 0) is 11.8 Å². The van der Waals surface area contributed by atoms with Crippen LogP contribution in [0, 0.1) is 11.8 Å². The predicted molar refractivity (Wildman–Crippen MR) is 70.7 cm³/mol. The van der Waals surface area contributed by atoms with E-state index in [1.165, 1.54) is 0 Å². The minimum atomic E-state index is -0.835. The number of carbonyl (C=O) groups excluding carboxylic acids is 1. The SMILES string of the molecule is CC(C)C[C@H](CNC(=O)c1ccn(C)n1)CC(=O)O. The number of carboxylic acids is 1. The molecule has 0 aliphatic rings. The van der Waals surface area contributed by atoms with E-state index in [1.54, 1.807) is 24.0 Å². The Balaban J connectivity index is 2.50. The van der Waals surface area contributed by atoms with Crippen LogP contribution in [0.5, 0.6) is 0 Å². The molecule has 1 aromatic heterocycles. The first-order chi connectivity index (χ1) is 8.88. The number of aliphatic carboxylic acids is 1. The van der Waals surface area contributed by atoms with E-state index in [1.807, 2.05) is 13.8 Å². The first-order valence-electron chi connectivity index (χ1n) is 6.38. The monoisotopic (exact) mass is 267 g/mol. The van der Waals surface area contributed by atoms with Crippen LogP contribution >= 0.6 is 0 Å². The second-order valence-electron chi connectivity index (χ2n) is 5.18. The predicted octanol–water partition coefficient (Wildman–Crippen LogP) is 1.29. The number of carbonyl (C=O) groups is 2. The Morgan fingerprint density at radius 2 is 2.16 bits per heavy atom. The highest BCUT2D eigenvalue weighted by molar-refractivity contribution is 5.92. The van der Waals surface area contributed by atoms with Crippen molar-refractivity contribution in [2.45, 2.75) is 26.7 Å². The maximum absolute atomic E-state index is 11.8. The molecule has 1 heterocycles. The van der Waals surface area contributed by atoms with Crippen LogP contribution in [0.1, 0.15) is 37.2 Å². The number of carboxylic acid groups (broad SMARTS) is 1. The maximum Gasteiger partial charge on any atom is 0.303 e. The lowest BCUT2D eigenvalue weighted by molar-refractivity contribution is -0.138. The third-order valence-corrected chi connectivity index (χ3v) is 2.77. The van der Waals surface area contributed by atoms with Crippen molar-refractivity contribution in [1.82, 2.24) is 15.1 Å². The molecule has 0 aliphatic carbocycles. The highest BCUT2D eigenvalue weighted by Crippen LogP contribution is 2.14. The first-order valence-corrected chi connectivity index (χ1v) is 6.38. The van der Waals surface area contributed by atoms with Crippen LogP contribution < -0.4 is 5.32 Å². The summed E-state index contributed by atoms with van der Waals surface area (Å²) in [5, 5.41) is 15.6. The lowest BCUT2D eigenvalue weighted by Crippen LogP contribution is -2.31. The standard InChI is InChI=1S/C13H21N3O3/c1-9(2)6-10(7-12(17)18)8-14-13(19)11-4-5-16(3)15-11/h4-5,9-10H,6-8H2,1-3H3,(H,14,19)(H,17,18)/t10-/m0/s1. The third kappa shape index (κ3) is 5.54. The van der Waals surface area contributed by atoms with Gasteiger partial charge < -0.3 is 10.4 Å². The molecule has 0 saturated heterocycles. The van der Waals surface area contributed by atoms with Gasteiger partial charge in [0.15, 0.2) is 0 Å². The fourth-order valence-corrected chi connectivity index (χ4v) is 2.02. The highest BCUT2D eigenvalue weighted by atomic mass is 16.4. The molecular weight excluding hydrogens is 246 g/mol. The van der Waals surface area contributed by atoms with Crippen molar-refractivity contribution in [3.05, 3.63) is 18.0 Å². The zero-order valence-electron chi connectivity index (χ0n) is 11.6. The molecule has 0 bridgehead atoms. The fourth-order valence-electron chi connectivity index (χ4n) is 2.02. The summed E-state index contributed by atoms with van der Waals surface area (Å²) in [4.78, 5) is 22.6. The van der Waals surface area contributed by atoms with Gasteiger partial charge in [0, 0.05) is 26.2 Å². The Morgan fingerprint density at radius 1 is 1.47 bits per heavy atom. The number of rotatable bonds is 7. The fraction of sp³-hybridized carbons (Fsp3) is 0.615. The molecule has 1 aromatic rings. The van der Waals surface area contributed by atoms with Gasteiger partial charge in [-0.2, -0.15) is 5.10 Å². The average molecular weight is 267 g/mol. The molecule has 1 atom stereocenters. The van der Waals surface area contributed by atoms with E-state index in [4.69, 9.17) is 5.11 Å². The van der Waals surface area contributed by atoms with Crippen LogP contribution in [0.25, 0.3) is 0 Å². The lowest BCUT2D eigenvalue weighted by Gasteiger charge is -2.17. The van der Waals surface area contributed by atoms with Crippen LogP contribution in [0.15, 0.2) is 12.3 Å². The molecule has 106 valence electrons. The van der Waals surface area contributed by atoms with Gasteiger partial charge in [-0.1, -0.05) is 13.8 Å². The molecule has 0 saturated carbocycles. The normalized spacial score (nSPS) is 12.4. The molecule has 0 fully saturated rings. The van der Waals surface area contributed by atoms with Crippen molar-refractivity contribution in [3.8, 4) is 0 Å². The zero-order chi connectivity index (χ0) is 14.4. The highest BCUT2D eigenvalue weighted by Gasteiger charge is 2.17. The van der Waals surface area contributed by atoms with Crippen molar-refractivity contribution < 1.29 is 14.7 Å². The Hall–Kier alpha value is -1.85. The summed E-state index contributed by atoms with van der Waals surface area (Å²) in [7, 11) is 1.74. The number of hydrogen-bond acceptors (Lipinski definition) is 3. The third-order valence-electron chi connectivity index (χ3n) is 2.77. The minimum absolute atomic E-state index is 0.0508. The molecule has 6 nitrogen and oxygen atoms in total. The van der Waals surface area contributed by atoms with E-state index in [0.29, 0.717) is 18.2 Å². The molecule has 0 aromatic carbocycles. The van der Waals surface area contributed by atoms with Crippen molar-refractivity contribution in [2.75, 3.05) is 6.54 Å². The number of amides is 1. The molecule has 2 N–H and O–H groups in total. The summed E-state index contributed by atoms with van der Waals surface area (Å²) in [6.07, 6.45) is 2.53. The summed E-state index contributed by atoms with van der Waals surface area (Å²) in [6.45, 7) is 4.44. The summed E-state index contributed by atoms with van der Waals surface area (Å²) in [5.41, 5.74) is 0.348. The maximum atomic E-state index is 11.8. The molecule has 0 spiro atoms. The smallest absolute Gasteiger partial charge is 0.303 e. The number of nitrogens with one attached hydrogen (secondary N) is 1. The number of hydrogen-bond donors (Lipinski definition) is 2. The van der Waals surface area contributed by atoms with Gasteiger partial charge in [0.05, 0.1) is 0 Å². The second kappa shape index (κ2) is 6.92. The minimum Gasteiger partial charge on any atom is -0.481 e. The van der Waals surface area contributed by atoms with Crippen molar-refractivity contribution >= 4 is 11.9 Å². The van der Waals surface area contributed by atoms with Gasteiger partial charge in [-0.05, 0) is 24.3 Å². The molecule has 6 heteroatoms. The second-order valence-corrected chi connectivity index (χ2v) is 5.18. The Morgan fingerprint density at radius 3 is 2.63 bits per heavy atom. The molecular formula is C13H21N3O3. The zero-order valence-corrected chi connectivity index (χ0v) is 11.6. The van der Waals surface area contributed by atoms with E-state index in [-0.39, 0.29) is 18.2 Å². The van der Waals surface area contributed by atoms with Gasteiger partial charge >= 0.3 is 5.97 Å². The van der Waals surface area contributed by atoms with E-state index < -0.39 is 5.97 Å². The van der Waals surface area contributed by atoms with Gasteiger partial charge in [-0.3, -0.25) is 14.3 Å². The summed E-state index contributed by atoms with van der Waals surface area (Å²) < 4.78 is 1.55. The van der Waals surface area contributed by atoms with Gasteiger partial charge in [-0.15, -0.1) is 0 Å². The van der Waals surface area contributed by atoms with Gasteiger partial charge in [0.2, 0.25) is 0 Å². The number of nitrogens with zero attached hydrogens (tertiary/aromatic N) is 2.